The normalized spacial score (nSPS) is 16.5. The molecule has 1 aromatic carbocycles. The molecule has 1 fully saturated rings. The lowest BCUT2D eigenvalue weighted by molar-refractivity contribution is -0.153. The molecule has 0 spiro atoms. The van der Waals surface area contributed by atoms with E-state index in [4.69, 9.17) is 9.47 Å². The second-order valence-electron chi connectivity index (χ2n) is 7.67. The molecule has 3 rings (SSSR count). The van der Waals surface area contributed by atoms with E-state index in [1.165, 1.54) is 9.36 Å². The van der Waals surface area contributed by atoms with Gasteiger partial charge in [-0.15, -0.1) is 0 Å². The number of aromatic nitrogens is 4. The van der Waals surface area contributed by atoms with Crippen molar-refractivity contribution in [2.45, 2.75) is 26.2 Å². The minimum Gasteiger partial charge on any atom is -0.490 e. The van der Waals surface area contributed by atoms with Gasteiger partial charge in [0.15, 0.2) is 0 Å². The predicted molar refractivity (Wildman–Crippen MR) is 91.1 cm³/mol. The second kappa shape index (κ2) is 6.27. The molecule has 0 radical (unpaired) electrons. The molecule has 0 unspecified atom stereocenters. The zero-order chi connectivity index (χ0) is 18.2. The van der Waals surface area contributed by atoms with Crippen molar-refractivity contribution in [3.8, 4) is 11.4 Å². The number of tetrazole rings is 1. The molecule has 1 aliphatic rings. The fraction of sp³-hybridized carbons (Fsp3) is 0.588. The summed E-state index contributed by atoms with van der Waals surface area (Å²) in [5.74, 6) is 0.523. The Morgan fingerprint density at radius 2 is 2.04 bits per heavy atom. The fourth-order valence-corrected chi connectivity index (χ4v) is 2.58. The average molecular weight is 348 g/mol. The van der Waals surface area contributed by atoms with Crippen molar-refractivity contribution in [2.75, 3.05) is 26.4 Å². The number of hydrogen-bond donors (Lipinski definition) is 1. The van der Waals surface area contributed by atoms with Crippen LogP contribution in [0.25, 0.3) is 5.69 Å². The zero-order valence-corrected chi connectivity index (χ0v) is 15.0. The quantitative estimate of drug-likeness (QED) is 0.853. The molecule has 2 aromatic rings. The van der Waals surface area contributed by atoms with Crippen LogP contribution in [0.15, 0.2) is 23.0 Å². The van der Waals surface area contributed by atoms with Crippen molar-refractivity contribution < 1.29 is 14.6 Å². The summed E-state index contributed by atoms with van der Waals surface area (Å²) in [6.07, 6.45) is 0. The maximum absolute atomic E-state index is 12.3. The van der Waals surface area contributed by atoms with Crippen molar-refractivity contribution >= 4 is 0 Å². The Morgan fingerprint density at radius 3 is 2.52 bits per heavy atom. The molecule has 1 saturated heterocycles. The molecule has 136 valence electrons. The summed E-state index contributed by atoms with van der Waals surface area (Å²) in [5, 5.41) is 17.3. The SMILES string of the molecule is Cn1nnn(-c2cc(C(C)(C)C)ccc2OCC2(CO)COC2)c1=O. The smallest absolute Gasteiger partial charge is 0.368 e. The first kappa shape index (κ1) is 17.6. The third-order valence-electron chi connectivity index (χ3n) is 4.46. The number of aliphatic hydroxyl groups excluding tert-OH is 1. The van der Waals surface area contributed by atoms with Gasteiger partial charge in [0.1, 0.15) is 18.0 Å². The van der Waals surface area contributed by atoms with E-state index in [0.717, 1.165) is 5.56 Å². The van der Waals surface area contributed by atoms with Gasteiger partial charge in [-0.3, -0.25) is 0 Å². The summed E-state index contributed by atoms with van der Waals surface area (Å²) in [6, 6.07) is 5.71. The molecule has 0 bridgehead atoms. The monoisotopic (exact) mass is 348 g/mol. The largest absolute Gasteiger partial charge is 0.490 e. The summed E-state index contributed by atoms with van der Waals surface area (Å²) in [7, 11) is 1.55. The number of nitrogens with zero attached hydrogens (tertiary/aromatic N) is 4. The Kier molecular flexibility index (Phi) is 4.42. The molecular formula is C17H24N4O4. The van der Waals surface area contributed by atoms with Gasteiger partial charge in [-0.25, -0.2) is 4.79 Å². The molecule has 2 heterocycles. The van der Waals surface area contributed by atoms with E-state index in [2.05, 4.69) is 31.2 Å². The van der Waals surface area contributed by atoms with Crippen LogP contribution in [-0.4, -0.2) is 51.3 Å². The summed E-state index contributed by atoms with van der Waals surface area (Å²) in [4.78, 5) is 12.3. The molecule has 0 atom stereocenters. The summed E-state index contributed by atoms with van der Waals surface area (Å²) in [5.41, 5.74) is 0.774. The van der Waals surface area contributed by atoms with Crippen LogP contribution in [0.3, 0.4) is 0 Å². The Balaban J connectivity index is 1.99. The van der Waals surface area contributed by atoms with E-state index in [1.54, 1.807) is 7.05 Å². The van der Waals surface area contributed by atoms with E-state index in [-0.39, 0.29) is 23.1 Å². The summed E-state index contributed by atoms with van der Waals surface area (Å²) < 4.78 is 13.5. The van der Waals surface area contributed by atoms with E-state index in [9.17, 15) is 9.90 Å². The zero-order valence-electron chi connectivity index (χ0n) is 15.0. The van der Waals surface area contributed by atoms with Crippen molar-refractivity contribution in [3.05, 3.63) is 34.2 Å². The molecule has 0 aliphatic carbocycles. The highest BCUT2D eigenvalue weighted by Crippen LogP contribution is 2.32. The second-order valence-corrected chi connectivity index (χ2v) is 7.67. The Morgan fingerprint density at radius 1 is 1.32 bits per heavy atom. The van der Waals surface area contributed by atoms with E-state index in [1.807, 2.05) is 18.2 Å². The average Bonchev–Trinajstić information content (AvgIpc) is 2.85. The number of hydrogen-bond acceptors (Lipinski definition) is 6. The first-order chi connectivity index (χ1) is 11.8. The van der Waals surface area contributed by atoms with Crippen LogP contribution in [0.4, 0.5) is 0 Å². The summed E-state index contributed by atoms with van der Waals surface area (Å²) >= 11 is 0. The van der Waals surface area contributed by atoms with Gasteiger partial charge in [-0.1, -0.05) is 26.8 Å². The van der Waals surface area contributed by atoms with Crippen LogP contribution < -0.4 is 10.4 Å². The maximum Gasteiger partial charge on any atom is 0.368 e. The molecule has 1 aromatic heterocycles. The Labute approximate surface area is 146 Å². The minimum atomic E-state index is -0.382. The standard InChI is InChI=1S/C17H24N4O4/c1-16(2,3)12-5-6-14(25-11-17(8-22)9-24-10-17)13(7-12)21-15(23)20(4)18-19-21/h5-7,22H,8-11H2,1-4H3. The van der Waals surface area contributed by atoms with Crippen LogP contribution in [0.2, 0.25) is 0 Å². The van der Waals surface area contributed by atoms with Gasteiger partial charge >= 0.3 is 5.69 Å². The highest BCUT2D eigenvalue weighted by molar-refractivity contribution is 5.49. The van der Waals surface area contributed by atoms with Gasteiger partial charge in [-0.2, -0.15) is 9.36 Å². The molecule has 0 saturated carbocycles. The number of aryl methyl sites for hydroxylation is 1. The molecule has 25 heavy (non-hydrogen) atoms. The molecular weight excluding hydrogens is 324 g/mol. The third-order valence-corrected chi connectivity index (χ3v) is 4.46. The van der Waals surface area contributed by atoms with Gasteiger partial charge in [0.2, 0.25) is 0 Å². The van der Waals surface area contributed by atoms with Gasteiger partial charge in [0, 0.05) is 7.05 Å². The van der Waals surface area contributed by atoms with Gasteiger partial charge in [0.05, 0.1) is 25.2 Å². The lowest BCUT2D eigenvalue weighted by atomic mass is 9.86. The van der Waals surface area contributed by atoms with Crippen LogP contribution in [-0.2, 0) is 17.2 Å². The lowest BCUT2D eigenvalue weighted by Gasteiger charge is -2.39. The molecule has 8 nitrogen and oxygen atoms in total. The third kappa shape index (κ3) is 3.32. The highest BCUT2D eigenvalue weighted by Gasteiger charge is 2.39. The van der Waals surface area contributed by atoms with Crippen LogP contribution >= 0.6 is 0 Å². The van der Waals surface area contributed by atoms with Crippen molar-refractivity contribution in [1.82, 2.24) is 19.8 Å². The first-order valence-corrected chi connectivity index (χ1v) is 8.21. The molecule has 1 aliphatic heterocycles. The van der Waals surface area contributed by atoms with Crippen LogP contribution in [0.5, 0.6) is 5.75 Å². The predicted octanol–water partition coefficient (Wildman–Crippen LogP) is 0.651. The minimum absolute atomic E-state index is 0.00645. The van der Waals surface area contributed by atoms with E-state index >= 15 is 0 Å². The van der Waals surface area contributed by atoms with Crippen LogP contribution in [0.1, 0.15) is 26.3 Å². The van der Waals surface area contributed by atoms with Crippen molar-refractivity contribution in [2.24, 2.45) is 12.5 Å². The summed E-state index contributed by atoms with van der Waals surface area (Å²) in [6.45, 7) is 7.51. The van der Waals surface area contributed by atoms with Crippen molar-refractivity contribution in [1.29, 1.82) is 0 Å². The first-order valence-electron chi connectivity index (χ1n) is 8.21. The Hall–Kier alpha value is -2.19. The Bertz CT molecular complexity index is 809. The molecule has 1 N–H and O–H groups in total. The van der Waals surface area contributed by atoms with Gasteiger partial charge in [0.25, 0.3) is 0 Å². The highest BCUT2D eigenvalue weighted by atomic mass is 16.5. The molecule has 8 heteroatoms. The van der Waals surface area contributed by atoms with Crippen LogP contribution in [0, 0.1) is 5.41 Å². The lowest BCUT2D eigenvalue weighted by Crippen LogP contribution is -2.50. The number of rotatable bonds is 5. The topological polar surface area (TPSA) is 91.4 Å². The van der Waals surface area contributed by atoms with Crippen molar-refractivity contribution in [3.63, 3.8) is 0 Å². The molecule has 0 amide bonds. The van der Waals surface area contributed by atoms with Gasteiger partial charge < -0.3 is 14.6 Å². The van der Waals surface area contributed by atoms with E-state index < -0.39 is 0 Å². The number of benzene rings is 1. The number of aliphatic hydroxyl groups is 1. The van der Waals surface area contributed by atoms with E-state index in [0.29, 0.717) is 31.3 Å². The maximum atomic E-state index is 12.3. The van der Waals surface area contributed by atoms with Gasteiger partial charge in [-0.05, 0) is 33.5 Å². The fourth-order valence-electron chi connectivity index (χ4n) is 2.58. The number of ether oxygens (including phenoxy) is 2.